The van der Waals surface area contributed by atoms with Crippen molar-refractivity contribution in [3.8, 4) is 0 Å². The summed E-state index contributed by atoms with van der Waals surface area (Å²) in [6, 6.07) is -1.39. The van der Waals surface area contributed by atoms with Crippen molar-refractivity contribution in [2.24, 2.45) is 0 Å². The predicted molar refractivity (Wildman–Crippen MR) is 222 cm³/mol. The highest BCUT2D eigenvalue weighted by Gasteiger charge is 2.18. The van der Waals surface area contributed by atoms with E-state index in [4.69, 9.17) is 14.9 Å². The topological polar surface area (TPSA) is 142 Å². The molecule has 2 atom stereocenters. The quantitative estimate of drug-likeness (QED) is 0.0283. The molecule has 0 aliphatic heterocycles. The first-order chi connectivity index (χ1) is 26.3. The Bertz CT molecular complexity index is 1140. The average molecular weight is 755 g/mol. The number of aliphatic carboxylic acids is 1. The van der Waals surface area contributed by atoms with E-state index >= 15 is 0 Å². The molecule has 9 nitrogen and oxygen atoms in total. The predicted octanol–water partition coefficient (Wildman–Crippen LogP) is 9.93. The van der Waals surface area contributed by atoms with E-state index in [0.29, 0.717) is 12.8 Å². The van der Waals surface area contributed by atoms with Gasteiger partial charge in [-0.3, -0.25) is 14.4 Å². The number of unbranched alkanes of at least 4 members (excludes halogenated alkanes) is 12. The zero-order chi connectivity index (χ0) is 39.7. The van der Waals surface area contributed by atoms with Crippen LogP contribution < -0.4 is 10.6 Å². The first kappa shape index (κ1) is 50.3. The zero-order valence-corrected chi connectivity index (χ0v) is 33.7. The lowest BCUT2D eigenvalue weighted by atomic mass is 10.1. The van der Waals surface area contributed by atoms with E-state index in [0.717, 1.165) is 96.3 Å². The molecule has 4 N–H and O–H groups in total. The van der Waals surface area contributed by atoms with Crippen LogP contribution in [-0.4, -0.2) is 59.3 Å². The molecule has 0 heterocycles. The van der Waals surface area contributed by atoms with Gasteiger partial charge in [0.15, 0.2) is 0 Å². The van der Waals surface area contributed by atoms with Crippen molar-refractivity contribution in [2.75, 3.05) is 13.2 Å². The van der Waals surface area contributed by atoms with Crippen LogP contribution in [0.25, 0.3) is 0 Å². The molecule has 0 aromatic carbocycles. The van der Waals surface area contributed by atoms with Gasteiger partial charge in [0, 0.05) is 12.8 Å². The monoisotopic (exact) mass is 755 g/mol. The molecule has 9 heteroatoms. The Kier molecular flexibility index (Phi) is 36.3. The molecule has 0 rings (SSSR count). The largest absolute Gasteiger partial charge is 0.480 e. The number of amides is 2. The van der Waals surface area contributed by atoms with Gasteiger partial charge in [-0.1, -0.05) is 132 Å². The second kappa shape index (κ2) is 39.0. The fraction of sp³-hybridized carbons (Fsp3) is 0.644. The Morgan fingerprint density at radius 3 is 1.72 bits per heavy atom. The van der Waals surface area contributed by atoms with Crippen molar-refractivity contribution in [3.63, 3.8) is 0 Å². The number of aliphatic hydroxyl groups is 1. The number of esters is 1. The molecule has 0 radical (unpaired) electrons. The fourth-order valence-corrected chi connectivity index (χ4v) is 5.47. The fourth-order valence-electron chi connectivity index (χ4n) is 5.47. The molecule has 0 fully saturated rings. The van der Waals surface area contributed by atoms with Gasteiger partial charge in [-0.05, 0) is 89.5 Å². The van der Waals surface area contributed by atoms with Crippen LogP contribution in [-0.2, 0) is 23.9 Å². The summed E-state index contributed by atoms with van der Waals surface area (Å²) in [4.78, 5) is 47.5. The number of carboxylic acid groups (broad SMARTS) is 1. The van der Waals surface area contributed by atoms with Crippen LogP contribution in [0, 0.1) is 0 Å². The number of ether oxygens (including phenoxy) is 1. The lowest BCUT2D eigenvalue weighted by Gasteiger charge is -2.15. The molecule has 0 saturated carbocycles. The number of aliphatic hydroxyl groups excluding tert-OH is 1. The number of nitrogens with one attached hydrogen (secondary N) is 2. The Labute approximate surface area is 327 Å². The van der Waals surface area contributed by atoms with Crippen LogP contribution >= 0.6 is 0 Å². The van der Waals surface area contributed by atoms with Crippen LogP contribution in [0.5, 0.6) is 0 Å². The van der Waals surface area contributed by atoms with Crippen molar-refractivity contribution in [2.45, 2.75) is 174 Å². The molecule has 0 aliphatic rings. The summed E-state index contributed by atoms with van der Waals surface area (Å²) in [6.07, 6.45) is 48.0. The van der Waals surface area contributed by atoms with Gasteiger partial charge in [0.1, 0.15) is 12.1 Å². The summed E-state index contributed by atoms with van der Waals surface area (Å²) < 4.78 is 5.88. The van der Waals surface area contributed by atoms with Gasteiger partial charge in [0.05, 0.1) is 13.2 Å². The summed E-state index contributed by atoms with van der Waals surface area (Å²) in [5.41, 5.74) is 0. The van der Waals surface area contributed by atoms with Crippen LogP contribution in [0.4, 0.5) is 0 Å². The molecule has 0 aromatic heterocycles. The van der Waals surface area contributed by atoms with E-state index in [1.54, 1.807) is 0 Å². The maximum Gasteiger partial charge on any atom is 0.328 e. The highest BCUT2D eigenvalue weighted by atomic mass is 16.5. The Balaban J connectivity index is 4.34. The van der Waals surface area contributed by atoms with Gasteiger partial charge < -0.3 is 25.6 Å². The number of hydrogen-bond donors (Lipinski definition) is 4. The number of rotatable bonds is 36. The first-order valence-electron chi connectivity index (χ1n) is 20.8. The highest BCUT2D eigenvalue weighted by molar-refractivity contribution is 5.87. The lowest BCUT2D eigenvalue weighted by Crippen LogP contribution is -2.47. The minimum Gasteiger partial charge on any atom is -0.480 e. The summed E-state index contributed by atoms with van der Waals surface area (Å²) in [5, 5.41) is 22.5. The second-order valence-electron chi connectivity index (χ2n) is 13.7. The third kappa shape index (κ3) is 35.3. The van der Waals surface area contributed by atoms with Gasteiger partial charge in [-0.15, -0.1) is 0 Å². The van der Waals surface area contributed by atoms with E-state index in [-0.39, 0.29) is 30.9 Å². The summed E-state index contributed by atoms with van der Waals surface area (Å²) in [7, 11) is 0. The molecule has 0 saturated heterocycles. The Hall–Kier alpha value is -3.72. The molecule has 0 aromatic rings. The molecule has 2 unspecified atom stereocenters. The van der Waals surface area contributed by atoms with Gasteiger partial charge in [-0.25, -0.2) is 4.79 Å². The molecular formula is C45H74N2O7. The van der Waals surface area contributed by atoms with Gasteiger partial charge in [0.2, 0.25) is 11.8 Å². The smallest absolute Gasteiger partial charge is 0.328 e. The molecule has 54 heavy (non-hydrogen) atoms. The lowest BCUT2D eigenvalue weighted by molar-refractivity contribution is -0.147. The normalized spacial score (nSPS) is 13.2. The average Bonchev–Trinajstić information content (AvgIpc) is 3.15. The van der Waals surface area contributed by atoms with Crippen LogP contribution in [0.2, 0.25) is 0 Å². The van der Waals surface area contributed by atoms with E-state index in [1.165, 1.54) is 32.1 Å². The Morgan fingerprint density at radius 1 is 0.593 bits per heavy atom. The molecule has 0 spiro atoms. The number of allylic oxidation sites excluding steroid dienone is 11. The standard InChI is InChI=1S/C45H74N2O7/c1-3-5-7-9-11-13-14-15-16-17-18-19-20-21-22-23-25-27-33-37-44(51)54-40(34-30-26-24-12-10-8-6-4-2)35-31-28-29-32-36-42(49)46-38-43(50)47-41(39-48)45(52)53/h5,7,11,13,15-16,18-19,21-22,30,34,40-41,48H,3-4,6,8-10,12,14,17,20,23-29,31-33,35-39H2,1-2H3,(H,46,49)(H,47,50)(H,52,53)/b7-5-,13-11-,16-15-,19-18-,22-21-,34-30-. The summed E-state index contributed by atoms with van der Waals surface area (Å²) in [6.45, 7) is 3.30. The van der Waals surface area contributed by atoms with Gasteiger partial charge in [-0.2, -0.15) is 0 Å². The van der Waals surface area contributed by atoms with E-state index in [9.17, 15) is 19.2 Å². The molecule has 2 amide bonds. The van der Waals surface area contributed by atoms with Crippen molar-refractivity contribution < 1.29 is 34.1 Å². The highest BCUT2D eigenvalue weighted by Crippen LogP contribution is 2.15. The molecule has 0 bridgehead atoms. The van der Waals surface area contributed by atoms with Crippen molar-refractivity contribution in [1.29, 1.82) is 0 Å². The zero-order valence-electron chi connectivity index (χ0n) is 33.7. The molecule has 306 valence electrons. The Morgan fingerprint density at radius 2 is 1.11 bits per heavy atom. The third-order valence-corrected chi connectivity index (χ3v) is 8.67. The van der Waals surface area contributed by atoms with E-state index < -0.39 is 24.5 Å². The van der Waals surface area contributed by atoms with Crippen molar-refractivity contribution in [1.82, 2.24) is 10.6 Å². The van der Waals surface area contributed by atoms with E-state index in [2.05, 4.69) is 97.4 Å². The maximum atomic E-state index is 12.7. The number of carboxylic acids is 1. The van der Waals surface area contributed by atoms with E-state index in [1.807, 2.05) is 0 Å². The third-order valence-electron chi connectivity index (χ3n) is 8.67. The van der Waals surface area contributed by atoms with Crippen LogP contribution in [0.1, 0.15) is 162 Å². The van der Waals surface area contributed by atoms with Crippen molar-refractivity contribution >= 4 is 23.8 Å². The van der Waals surface area contributed by atoms with Crippen LogP contribution in [0.3, 0.4) is 0 Å². The molecular weight excluding hydrogens is 681 g/mol. The number of carbonyl (C=O) groups is 4. The second-order valence-corrected chi connectivity index (χ2v) is 13.7. The van der Waals surface area contributed by atoms with Gasteiger partial charge >= 0.3 is 11.9 Å². The number of carbonyl (C=O) groups excluding carboxylic acids is 3. The maximum absolute atomic E-state index is 12.7. The molecule has 0 aliphatic carbocycles. The minimum atomic E-state index is -1.39. The van der Waals surface area contributed by atoms with Gasteiger partial charge in [0.25, 0.3) is 0 Å². The minimum absolute atomic E-state index is 0.145. The summed E-state index contributed by atoms with van der Waals surface area (Å²) >= 11 is 0. The number of hydrogen-bond acceptors (Lipinski definition) is 6. The SMILES string of the molecule is CC/C=C\C/C=C\C/C=C\C/C=C\C/C=C\CCCCCC(=O)OC(/C=C\CCCCCCCC)CCCCCCC(=O)NCC(=O)NC(CO)C(=O)O. The first-order valence-corrected chi connectivity index (χ1v) is 20.8. The van der Waals surface area contributed by atoms with Crippen LogP contribution in [0.15, 0.2) is 72.9 Å². The summed E-state index contributed by atoms with van der Waals surface area (Å²) in [5.74, 6) is -2.45. The van der Waals surface area contributed by atoms with Crippen molar-refractivity contribution in [3.05, 3.63) is 72.9 Å².